The number of rotatable bonds is 2. The van der Waals surface area contributed by atoms with E-state index in [0.717, 1.165) is 11.1 Å². The molecule has 20 heavy (non-hydrogen) atoms. The van der Waals surface area contributed by atoms with Crippen LogP contribution in [-0.4, -0.2) is 5.91 Å². The summed E-state index contributed by atoms with van der Waals surface area (Å²) >= 11 is 3.06. The summed E-state index contributed by atoms with van der Waals surface area (Å²) in [5.41, 5.74) is 9.37. The molecule has 0 atom stereocenters. The maximum atomic E-state index is 13.2. The van der Waals surface area contributed by atoms with Gasteiger partial charge in [-0.3, -0.25) is 4.79 Å². The van der Waals surface area contributed by atoms with Crippen LogP contribution in [0.1, 0.15) is 21.5 Å². The summed E-state index contributed by atoms with van der Waals surface area (Å²) in [5.74, 6) is -0.714. The van der Waals surface area contributed by atoms with E-state index >= 15 is 0 Å². The molecule has 1 amide bonds. The van der Waals surface area contributed by atoms with Crippen LogP contribution < -0.4 is 11.1 Å². The maximum Gasteiger partial charge on any atom is 0.255 e. The summed E-state index contributed by atoms with van der Waals surface area (Å²) in [7, 11) is 0. The molecule has 0 aromatic heterocycles. The Labute approximate surface area is 125 Å². The van der Waals surface area contributed by atoms with Crippen LogP contribution in [0.5, 0.6) is 0 Å². The summed E-state index contributed by atoms with van der Waals surface area (Å²) < 4.78 is 13.4. The van der Waals surface area contributed by atoms with Crippen LogP contribution in [0.2, 0.25) is 0 Å². The molecule has 0 aliphatic heterocycles. The summed E-state index contributed by atoms with van der Waals surface area (Å²) in [4.78, 5) is 12.1. The Bertz CT molecular complexity index is 686. The zero-order chi connectivity index (χ0) is 14.9. The molecule has 0 fully saturated rings. The first-order valence-electron chi connectivity index (χ1n) is 6.01. The Morgan fingerprint density at radius 1 is 1.20 bits per heavy atom. The van der Waals surface area contributed by atoms with Crippen molar-refractivity contribution in [3.63, 3.8) is 0 Å². The van der Waals surface area contributed by atoms with Gasteiger partial charge in [-0.05, 0) is 65.2 Å². The van der Waals surface area contributed by atoms with Crippen LogP contribution in [0.25, 0.3) is 0 Å². The minimum Gasteiger partial charge on any atom is -0.398 e. The minimum atomic E-state index is -0.405. The van der Waals surface area contributed by atoms with E-state index in [-0.39, 0.29) is 10.4 Å². The van der Waals surface area contributed by atoms with Crippen molar-refractivity contribution in [2.75, 3.05) is 11.1 Å². The topological polar surface area (TPSA) is 55.1 Å². The Kier molecular flexibility index (Phi) is 4.09. The van der Waals surface area contributed by atoms with E-state index in [4.69, 9.17) is 5.73 Å². The predicted molar refractivity (Wildman–Crippen MR) is 82.4 cm³/mol. The molecule has 5 heteroatoms. The number of halogens is 2. The fraction of sp³-hybridized carbons (Fsp3) is 0.133. The number of anilines is 2. The number of carbonyl (C=O) groups is 1. The Morgan fingerprint density at radius 2 is 1.90 bits per heavy atom. The molecule has 0 bridgehead atoms. The van der Waals surface area contributed by atoms with E-state index in [9.17, 15) is 9.18 Å². The number of aryl methyl sites for hydroxylation is 2. The second kappa shape index (κ2) is 5.63. The first kappa shape index (κ1) is 14.5. The monoisotopic (exact) mass is 336 g/mol. The molecule has 2 aromatic carbocycles. The molecular weight excluding hydrogens is 323 g/mol. The third kappa shape index (κ3) is 2.99. The summed E-state index contributed by atoms with van der Waals surface area (Å²) in [6.45, 7) is 3.80. The van der Waals surface area contributed by atoms with Crippen molar-refractivity contribution in [1.82, 2.24) is 0 Å². The van der Waals surface area contributed by atoms with Gasteiger partial charge in [0.05, 0.1) is 4.47 Å². The molecule has 0 aliphatic carbocycles. The van der Waals surface area contributed by atoms with Gasteiger partial charge in [-0.25, -0.2) is 4.39 Å². The lowest BCUT2D eigenvalue weighted by molar-refractivity contribution is 0.102. The highest BCUT2D eigenvalue weighted by Gasteiger charge is 2.11. The van der Waals surface area contributed by atoms with Gasteiger partial charge < -0.3 is 11.1 Å². The number of nitrogens with two attached hydrogens (primary N) is 1. The molecule has 3 N–H and O–H groups in total. The van der Waals surface area contributed by atoms with Gasteiger partial charge in [0.25, 0.3) is 5.91 Å². The molecular formula is C15H14BrFN2O. The van der Waals surface area contributed by atoms with Crippen molar-refractivity contribution in [2.45, 2.75) is 13.8 Å². The smallest absolute Gasteiger partial charge is 0.255 e. The number of hydrogen-bond acceptors (Lipinski definition) is 2. The third-order valence-electron chi connectivity index (χ3n) is 3.04. The average molecular weight is 337 g/mol. The molecule has 0 saturated heterocycles. The lowest BCUT2D eigenvalue weighted by atomic mass is 10.1. The van der Waals surface area contributed by atoms with E-state index in [1.807, 2.05) is 19.9 Å². The van der Waals surface area contributed by atoms with Gasteiger partial charge in [-0.1, -0.05) is 6.07 Å². The normalized spacial score (nSPS) is 10.4. The van der Waals surface area contributed by atoms with Gasteiger partial charge in [0.1, 0.15) is 5.82 Å². The fourth-order valence-electron chi connectivity index (χ4n) is 1.84. The van der Waals surface area contributed by atoms with Crippen molar-refractivity contribution in [3.8, 4) is 0 Å². The average Bonchev–Trinajstić information content (AvgIpc) is 2.39. The Morgan fingerprint density at radius 3 is 2.55 bits per heavy atom. The van der Waals surface area contributed by atoms with Crippen LogP contribution in [0.3, 0.4) is 0 Å². The number of benzene rings is 2. The highest BCUT2D eigenvalue weighted by molar-refractivity contribution is 9.10. The second-order valence-electron chi connectivity index (χ2n) is 4.61. The highest BCUT2D eigenvalue weighted by Crippen LogP contribution is 2.23. The van der Waals surface area contributed by atoms with Gasteiger partial charge in [0.2, 0.25) is 0 Å². The molecule has 2 aromatic rings. The summed E-state index contributed by atoms with van der Waals surface area (Å²) in [6, 6.07) is 7.75. The van der Waals surface area contributed by atoms with Crippen molar-refractivity contribution in [3.05, 3.63) is 57.3 Å². The first-order chi connectivity index (χ1) is 9.38. The van der Waals surface area contributed by atoms with Gasteiger partial charge in [0, 0.05) is 16.9 Å². The number of nitrogen functional groups attached to an aromatic ring is 1. The number of amides is 1. The van der Waals surface area contributed by atoms with Crippen molar-refractivity contribution >= 4 is 33.2 Å². The standard InChI is InChI=1S/C15H14BrFN2O/c1-8-5-9(2)14(7-13(8)18)19-15(20)10-3-4-12(17)11(16)6-10/h3-7H,18H2,1-2H3,(H,19,20). The summed E-state index contributed by atoms with van der Waals surface area (Å²) in [6.07, 6.45) is 0. The fourth-order valence-corrected chi connectivity index (χ4v) is 2.21. The SMILES string of the molecule is Cc1cc(C)c(NC(=O)c2ccc(F)c(Br)c2)cc1N. The molecule has 0 aliphatic rings. The van der Waals surface area contributed by atoms with E-state index in [2.05, 4.69) is 21.2 Å². The van der Waals surface area contributed by atoms with E-state index < -0.39 is 5.82 Å². The van der Waals surface area contributed by atoms with Gasteiger partial charge in [0.15, 0.2) is 0 Å². The molecule has 0 unspecified atom stereocenters. The molecule has 3 nitrogen and oxygen atoms in total. The van der Waals surface area contributed by atoms with Crippen LogP contribution in [0.4, 0.5) is 15.8 Å². The minimum absolute atomic E-state index is 0.255. The lowest BCUT2D eigenvalue weighted by Crippen LogP contribution is -2.13. The number of hydrogen-bond donors (Lipinski definition) is 2. The van der Waals surface area contributed by atoms with Crippen LogP contribution in [0, 0.1) is 19.7 Å². The van der Waals surface area contributed by atoms with Gasteiger partial charge in [-0.15, -0.1) is 0 Å². The van der Waals surface area contributed by atoms with E-state index in [0.29, 0.717) is 16.9 Å². The molecule has 2 rings (SSSR count). The van der Waals surface area contributed by atoms with E-state index in [1.54, 1.807) is 6.07 Å². The van der Waals surface area contributed by atoms with Gasteiger partial charge >= 0.3 is 0 Å². The Balaban J connectivity index is 2.27. The zero-order valence-electron chi connectivity index (χ0n) is 11.1. The van der Waals surface area contributed by atoms with Gasteiger partial charge in [-0.2, -0.15) is 0 Å². The first-order valence-corrected chi connectivity index (χ1v) is 6.81. The largest absolute Gasteiger partial charge is 0.398 e. The van der Waals surface area contributed by atoms with Crippen molar-refractivity contribution in [1.29, 1.82) is 0 Å². The van der Waals surface area contributed by atoms with Crippen molar-refractivity contribution in [2.24, 2.45) is 0 Å². The molecule has 104 valence electrons. The molecule has 0 heterocycles. The highest BCUT2D eigenvalue weighted by atomic mass is 79.9. The van der Waals surface area contributed by atoms with E-state index in [1.165, 1.54) is 18.2 Å². The third-order valence-corrected chi connectivity index (χ3v) is 3.65. The maximum absolute atomic E-state index is 13.2. The molecule has 0 spiro atoms. The number of nitrogens with one attached hydrogen (secondary N) is 1. The van der Waals surface area contributed by atoms with Crippen molar-refractivity contribution < 1.29 is 9.18 Å². The van der Waals surface area contributed by atoms with Crippen LogP contribution in [0.15, 0.2) is 34.8 Å². The number of carbonyl (C=O) groups excluding carboxylic acids is 1. The molecule has 0 saturated carbocycles. The Hall–Kier alpha value is -1.88. The van der Waals surface area contributed by atoms with Crippen LogP contribution in [-0.2, 0) is 0 Å². The lowest BCUT2D eigenvalue weighted by Gasteiger charge is -2.11. The summed E-state index contributed by atoms with van der Waals surface area (Å²) in [5, 5.41) is 2.78. The van der Waals surface area contributed by atoms with Crippen LogP contribution >= 0.6 is 15.9 Å². The quantitative estimate of drug-likeness (QED) is 0.813. The predicted octanol–water partition coefficient (Wildman–Crippen LogP) is 4.04. The molecule has 0 radical (unpaired) electrons. The second-order valence-corrected chi connectivity index (χ2v) is 5.46. The zero-order valence-corrected chi connectivity index (χ0v) is 12.7.